The van der Waals surface area contributed by atoms with Crippen LogP contribution in [0.4, 0.5) is 5.82 Å². The Morgan fingerprint density at radius 1 is 1.25 bits per heavy atom. The number of aromatic nitrogens is 6. The minimum Gasteiger partial charge on any atom is -0.369 e. The molecule has 4 rings (SSSR count). The second kappa shape index (κ2) is 6.59. The lowest BCUT2D eigenvalue weighted by Gasteiger charge is -2.12. The zero-order valence-electron chi connectivity index (χ0n) is 14.0. The van der Waals surface area contributed by atoms with E-state index in [9.17, 15) is 0 Å². The van der Waals surface area contributed by atoms with Crippen molar-refractivity contribution >= 4 is 16.9 Å². The number of fused-ring (bicyclic) bond motifs is 1. The molecule has 0 spiro atoms. The fraction of sp³-hybridized carbons (Fsp3) is 0.529. The van der Waals surface area contributed by atoms with E-state index >= 15 is 0 Å². The van der Waals surface area contributed by atoms with Crippen molar-refractivity contribution in [3.63, 3.8) is 0 Å². The Balaban J connectivity index is 1.51. The molecule has 3 heterocycles. The van der Waals surface area contributed by atoms with Gasteiger partial charge in [0.25, 0.3) is 0 Å². The molecular weight excluding hydrogens is 302 g/mol. The first-order valence-electron chi connectivity index (χ1n) is 8.70. The van der Waals surface area contributed by atoms with Gasteiger partial charge in [-0.3, -0.25) is 4.68 Å². The molecule has 0 aliphatic heterocycles. The second-order valence-electron chi connectivity index (χ2n) is 6.50. The molecule has 3 aromatic heterocycles. The van der Waals surface area contributed by atoms with Gasteiger partial charge >= 0.3 is 0 Å². The fourth-order valence-corrected chi connectivity index (χ4v) is 3.43. The third-order valence-corrected chi connectivity index (χ3v) is 4.77. The van der Waals surface area contributed by atoms with Gasteiger partial charge in [-0.25, -0.2) is 15.0 Å². The van der Waals surface area contributed by atoms with Crippen LogP contribution >= 0.6 is 0 Å². The molecule has 0 atom stereocenters. The third-order valence-electron chi connectivity index (χ3n) is 4.77. The third kappa shape index (κ3) is 2.98. The second-order valence-corrected chi connectivity index (χ2v) is 6.50. The summed E-state index contributed by atoms with van der Waals surface area (Å²) in [4.78, 5) is 13.7. The SMILES string of the molecule is Cn1ncc2c(NCCCn3ccnc3)nc(C3CCCC3)nc21. The minimum absolute atomic E-state index is 0.496. The molecule has 1 aliphatic carbocycles. The van der Waals surface area contributed by atoms with E-state index in [-0.39, 0.29) is 0 Å². The average molecular weight is 325 g/mol. The first-order chi connectivity index (χ1) is 11.8. The number of hydrogen-bond acceptors (Lipinski definition) is 5. The number of anilines is 1. The van der Waals surface area contributed by atoms with Gasteiger partial charge in [-0.1, -0.05) is 12.8 Å². The molecule has 24 heavy (non-hydrogen) atoms. The van der Waals surface area contributed by atoms with Crippen LogP contribution in [0.2, 0.25) is 0 Å². The molecule has 1 N–H and O–H groups in total. The van der Waals surface area contributed by atoms with Crippen LogP contribution in [0.1, 0.15) is 43.8 Å². The van der Waals surface area contributed by atoms with E-state index in [0.29, 0.717) is 5.92 Å². The number of imidazole rings is 1. The van der Waals surface area contributed by atoms with Crippen LogP contribution in [0.3, 0.4) is 0 Å². The van der Waals surface area contributed by atoms with E-state index < -0.39 is 0 Å². The van der Waals surface area contributed by atoms with Gasteiger partial charge in [-0.15, -0.1) is 0 Å². The Bertz CT molecular complexity index is 800. The summed E-state index contributed by atoms with van der Waals surface area (Å²) >= 11 is 0. The van der Waals surface area contributed by atoms with Gasteiger partial charge in [0.15, 0.2) is 5.65 Å². The van der Waals surface area contributed by atoms with E-state index in [0.717, 1.165) is 42.2 Å². The zero-order chi connectivity index (χ0) is 16.4. The molecule has 0 radical (unpaired) electrons. The normalized spacial score (nSPS) is 15.4. The molecule has 3 aromatic rings. The summed E-state index contributed by atoms with van der Waals surface area (Å²) in [5, 5.41) is 8.85. The number of hydrogen-bond donors (Lipinski definition) is 1. The summed E-state index contributed by atoms with van der Waals surface area (Å²) < 4.78 is 3.93. The van der Waals surface area contributed by atoms with Crippen LogP contribution in [0.15, 0.2) is 24.9 Å². The average Bonchev–Trinajstić information content (AvgIpc) is 3.34. The minimum atomic E-state index is 0.496. The standard InChI is InChI=1S/C17H23N7/c1-23-17-14(11-20-23)16(19-7-4-9-24-10-8-18-12-24)21-15(22-17)13-5-2-3-6-13/h8,10-13H,2-7,9H2,1H3,(H,19,21,22). The molecule has 7 heteroatoms. The Morgan fingerprint density at radius 2 is 2.12 bits per heavy atom. The lowest BCUT2D eigenvalue weighted by Crippen LogP contribution is -2.10. The van der Waals surface area contributed by atoms with Crippen molar-refractivity contribution in [2.75, 3.05) is 11.9 Å². The molecule has 1 saturated carbocycles. The molecule has 0 amide bonds. The van der Waals surface area contributed by atoms with Crippen molar-refractivity contribution in [1.29, 1.82) is 0 Å². The van der Waals surface area contributed by atoms with Crippen molar-refractivity contribution in [2.24, 2.45) is 7.05 Å². The largest absolute Gasteiger partial charge is 0.369 e. The zero-order valence-corrected chi connectivity index (χ0v) is 14.0. The fourth-order valence-electron chi connectivity index (χ4n) is 3.43. The van der Waals surface area contributed by atoms with Gasteiger partial charge in [0, 0.05) is 38.4 Å². The highest BCUT2D eigenvalue weighted by molar-refractivity contribution is 5.86. The van der Waals surface area contributed by atoms with Crippen molar-refractivity contribution in [3.8, 4) is 0 Å². The molecule has 126 valence electrons. The highest BCUT2D eigenvalue weighted by Gasteiger charge is 2.22. The lowest BCUT2D eigenvalue weighted by molar-refractivity contribution is 0.655. The summed E-state index contributed by atoms with van der Waals surface area (Å²) in [6.45, 7) is 1.81. The Labute approximate surface area is 141 Å². The summed E-state index contributed by atoms with van der Waals surface area (Å²) in [6.07, 6.45) is 13.5. The number of nitrogens with one attached hydrogen (secondary N) is 1. The molecule has 7 nitrogen and oxygen atoms in total. The Morgan fingerprint density at radius 3 is 2.92 bits per heavy atom. The molecule has 1 fully saturated rings. The van der Waals surface area contributed by atoms with Crippen molar-refractivity contribution in [2.45, 2.75) is 44.6 Å². The maximum absolute atomic E-state index is 4.84. The Hall–Kier alpha value is -2.44. The highest BCUT2D eigenvalue weighted by atomic mass is 15.3. The van der Waals surface area contributed by atoms with Crippen molar-refractivity contribution in [3.05, 3.63) is 30.7 Å². The smallest absolute Gasteiger partial charge is 0.163 e. The predicted molar refractivity (Wildman–Crippen MR) is 92.8 cm³/mol. The van der Waals surface area contributed by atoms with Crippen molar-refractivity contribution in [1.82, 2.24) is 29.3 Å². The van der Waals surface area contributed by atoms with Gasteiger partial charge in [-0.2, -0.15) is 5.10 Å². The van der Waals surface area contributed by atoms with Gasteiger partial charge in [0.2, 0.25) is 0 Å². The highest BCUT2D eigenvalue weighted by Crippen LogP contribution is 2.34. The lowest BCUT2D eigenvalue weighted by atomic mass is 10.1. The van der Waals surface area contributed by atoms with Crippen LogP contribution in [-0.4, -0.2) is 35.8 Å². The predicted octanol–water partition coefficient (Wildman–Crippen LogP) is 2.72. The quantitative estimate of drug-likeness (QED) is 0.705. The van der Waals surface area contributed by atoms with E-state index in [1.165, 1.54) is 25.7 Å². The summed E-state index contributed by atoms with van der Waals surface area (Å²) in [5.41, 5.74) is 0.920. The molecule has 0 bridgehead atoms. The maximum Gasteiger partial charge on any atom is 0.163 e. The van der Waals surface area contributed by atoms with E-state index in [4.69, 9.17) is 9.97 Å². The van der Waals surface area contributed by atoms with E-state index in [1.54, 1.807) is 0 Å². The topological polar surface area (TPSA) is 73.5 Å². The molecule has 1 aliphatic rings. The van der Waals surface area contributed by atoms with Gasteiger partial charge < -0.3 is 9.88 Å². The van der Waals surface area contributed by atoms with E-state index in [2.05, 4.69) is 20.0 Å². The first kappa shape index (κ1) is 15.1. The number of nitrogens with zero attached hydrogens (tertiary/aromatic N) is 6. The van der Waals surface area contributed by atoms with Crippen LogP contribution in [-0.2, 0) is 13.6 Å². The van der Waals surface area contributed by atoms with Crippen LogP contribution in [0.5, 0.6) is 0 Å². The summed E-state index contributed by atoms with van der Waals surface area (Å²) in [5.74, 6) is 2.39. The molecule has 0 saturated heterocycles. The summed E-state index contributed by atoms with van der Waals surface area (Å²) in [7, 11) is 1.94. The molecule has 0 unspecified atom stereocenters. The van der Waals surface area contributed by atoms with Gasteiger partial charge in [0.05, 0.1) is 17.9 Å². The van der Waals surface area contributed by atoms with Crippen molar-refractivity contribution < 1.29 is 0 Å². The maximum atomic E-state index is 4.84. The monoisotopic (exact) mass is 325 g/mol. The molecular formula is C17H23N7. The van der Waals surface area contributed by atoms with Crippen LogP contribution in [0.25, 0.3) is 11.0 Å². The van der Waals surface area contributed by atoms with E-state index in [1.807, 2.05) is 36.6 Å². The molecule has 0 aromatic carbocycles. The Kier molecular flexibility index (Phi) is 4.15. The van der Waals surface area contributed by atoms with Gasteiger partial charge in [0.1, 0.15) is 11.6 Å². The number of aryl methyl sites for hydroxylation is 2. The first-order valence-corrected chi connectivity index (χ1v) is 8.70. The van der Waals surface area contributed by atoms with Gasteiger partial charge in [-0.05, 0) is 19.3 Å². The number of rotatable bonds is 6. The van der Waals surface area contributed by atoms with Crippen LogP contribution < -0.4 is 5.32 Å². The van der Waals surface area contributed by atoms with Crippen LogP contribution in [0, 0.1) is 0 Å². The summed E-state index contributed by atoms with van der Waals surface area (Å²) in [6, 6.07) is 0.